The number of hydrogen-bond acceptors (Lipinski definition) is 2. The SMILES string of the molecule is CCOc1cc(Cl)c(C(Cl)CCOCC(F)(F)F)cc1Cl. The van der Waals surface area contributed by atoms with Crippen molar-refractivity contribution in [2.24, 2.45) is 0 Å². The van der Waals surface area contributed by atoms with E-state index in [2.05, 4.69) is 4.74 Å². The first-order valence-electron chi connectivity index (χ1n) is 6.15. The number of benzene rings is 1. The summed E-state index contributed by atoms with van der Waals surface area (Å²) in [6, 6.07) is 3.09. The molecular weight excluding hydrogens is 351 g/mol. The lowest BCUT2D eigenvalue weighted by atomic mass is 10.1. The summed E-state index contributed by atoms with van der Waals surface area (Å²) in [7, 11) is 0. The third-order valence-electron chi connectivity index (χ3n) is 2.47. The third kappa shape index (κ3) is 6.51. The molecule has 0 amide bonds. The van der Waals surface area contributed by atoms with E-state index in [0.717, 1.165) is 0 Å². The molecule has 0 spiro atoms. The van der Waals surface area contributed by atoms with Gasteiger partial charge in [-0.3, -0.25) is 0 Å². The van der Waals surface area contributed by atoms with Gasteiger partial charge in [-0.15, -0.1) is 11.6 Å². The van der Waals surface area contributed by atoms with Crippen molar-refractivity contribution < 1.29 is 22.6 Å². The Bertz CT molecular complexity index is 467. The van der Waals surface area contributed by atoms with Crippen molar-refractivity contribution in [2.75, 3.05) is 19.8 Å². The van der Waals surface area contributed by atoms with Crippen LogP contribution in [0.5, 0.6) is 5.75 Å². The fourth-order valence-corrected chi connectivity index (χ4v) is 2.42. The molecule has 0 heterocycles. The fraction of sp³-hybridized carbons (Fsp3) is 0.538. The van der Waals surface area contributed by atoms with E-state index in [1.54, 1.807) is 13.0 Å². The molecule has 0 aliphatic rings. The first-order valence-corrected chi connectivity index (χ1v) is 7.34. The van der Waals surface area contributed by atoms with Gasteiger partial charge in [0.1, 0.15) is 12.4 Å². The average Bonchev–Trinajstić information content (AvgIpc) is 2.37. The molecule has 0 fully saturated rings. The number of hydrogen-bond donors (Lipinski definition) is 0. The van der Waals surface area contributed by atoms with Crippen molar-refractivity contribution in [1.29, 1.82) is 0 Å². The van der Waals surface area contributed by atoms with Crippen molar-refractivity contribution >= 4 is 34.8 Å². The minimum Gasteiger partial charge on any atom is -0.492 e. The van der Waals surface area contributed by atoms with Crippen LogP contribution in [0.25, 0.3) is 0 Å². The Hall–Kier alpha value is -0.360. The number of rotatable bonds is 7. The Morgan fingerprint density at radius 2 is 1.86 bits per heavy atom. The number of halogens is 6. The van der Waals surface area contributed by atoms with Crippen LogP contribution >= 0.6 is 34.8 Å². The average molecular weight is 366 g/mol. The summed E-state index contributed by atoms with van der Waals surface area (Å²) in [4.78, 5) is 0. The largest absolute Gasteiger partial charge is 0.492 e. The van der Waals surface area contributed by atoms with Gasteiger partial charge in [-0.05, 0) is 25.0 Å². The van der Waals surface area contributed by atoms with E-state index < -0.39 is 18.2 Å². The summed E-state index contributed by atoms with van der Waals surface area (Å²) in [6.07, 6.45) is -4.16. The summed E-state index contributed by atoms with van der Waals surface area (Å²) in [6.45, 7) is 0.814. The van der Waals surface area contributed by atoms with Gasteiger partial charge in [-0.25, -0.2) is 0 Å². The molecule has 2 nitrogen and oxygen atoms in total. The molecule has 0 radical (unpaired) electrons. The van der Waals surface area contributed by atoms with E-state index in [-0.39, 0.29) is 13.0 Å². The van der Waals surface area contributed by atoms with Crippen molar-refractivity contribution in [3.05, 3.63) is 27.7 Å². The molecule has 1 atom stereocenters. The highest BCUT2D eigenvalue weighted by Crippen LogP contribution is 2.37. The molecule has 0 saturated carbocycles. The summed E-state index contributed by atoms with van der Waals surface area (Å²) >= 11 is 18.2. The molecule has 120 valence electrons. The van der Waals surface area contributed by atoms with Crippen molar-refractivity contribution in [1.82, 2.24) is 0 Å². The second kappa shape index (κ2) is 8.32. The van der Waals surface area contributed by atoms with Crippen LogP contribution in [-0.4, -0.2) is 26.0 Å². The third-order valence-corrected chi connectivity index (χ3v) is 3.55. The first kappa shape index (κ1) is 18.7. The molecule has 1 aromatic rings. The van der Waals surface area contributed by atoms with Crippen LogP contribution in [0, 0.1) is 0 Å². The molecule has 1 unspecified atom stereocenters. The maximum Gasteiger partial charge on any atom is 0.411 e. The van der Waals surface area contributed by atoms with Crippen LogP contribution in [0.3, 0.4) is 0 Å². The van der Waals surface area contributed by atoms with E-state index in [4.69, 9.17) is 39.5 Å². The predicted octanol–water partition coefficient (Wildman–Crippen LogP) is 5.64. The standard InChI is InChI=1S/C13H14Cl3F3O2/c1-2-21-12-6-10(15)8(5-11(12)16)9(14)3-4-20-7-13(17,18)19/h5-6,9H,2-4,7H2,1H3. The summed E-state index contributed by atoms with van der Waals surface area (Å²) < 4.78 is 45.6. The van der Waals surface area contributed by atoms with Crippen molar-refractivity contribution in [3.63, 3.8) is 0 Å². The summed E-state index contributed by atoms with van der Waals surface area (Å²) in [5, 5.41) is 0.0932. The Labute approximate surface area is 136 Å². The molecule has 0 saturated heterocycles. The molecule has 0 N–H and O–H groups in total. The number of ether oxygens (including phenoxy) is 2. The highest BCUT2D eigenvalue weighted by Gasteiger charge is 2.27. The maximum atomic E-state index is 11.9. The molecule has 1 aromatic carbocycles. The molecule has 0 aromatic heterocycles. The minimum absolute atomic E-state index is 0.130. The summed E-state index contributed by atoms with van der Waals surface area (Å²) in [5.41, 5.74) is 0.530. The van der Waals surface area contributed by atoms with Gasteiger partial charge in [0.25, 0.3) is 0 Å². The Morgan fingerprint density at radius 3 is 2.43 bits per heavy atom. The van der Waals surface area contributed by atoms with Gasteiger partial charge < -0.3 is 9.47 Å². The van der Waals surface area contributed by atoms with Gasteiger partial charge in [0.15, 0.2) is 0 Å². The molecule has 0 bridgehead atoms. The monoisotopic (exact) mass is 364 g/mol. The van der Waals surface area contributed by atoms with E-state index in [9.17, 15) is 13.2 Å². The van der Waals surface area contributed by atoms with Gasteiger partial charge in [0.05, 0.1) is 17.0 Å². The Kier molecular flexibility index (Phi) is 7.40. The first-order chi connectivity index (χ1) is 9.74. The van der Waals surface area contributed by atoms with Gasteiger partial charge in [0.2, 0.25) is 0 Å². The molecule has 0 aliphatic carbocycles. The van der Waals surface area contributed by atoms with Crippen LogP contribution < -0.4 is 4.74 Å². The van der Waals surface area contributed by atoms with Gasteiger partial charge in [-0.2, -0.15) is 13.2 Å². The van der Waals surface area contributed by atoms with Crippen molar-refractivity contribution in [3.8, 4) is 5.75 Å². The molecule has 1 rings (SSSR count). The van der Waals surface area contributed by atoms with Crippen LogP contribution in [-0.2, 0) is 4.74 Å². The van der Waals surface area contributed by atoms with Crippen LogP contribution in [0.4, 0.5) is 13.2 Å². The molecule has 21 heavy (non-hydrogen) atoms. The zero-order chi connectivity index (χ0) is 16.0. The van der Waals surface area contributed by atoms with E-state index >= 15 is 0 Å². The quantitative estimate of drug-likeness (QED) is 0.460. The van der Waals surface area contributed by atoms with Crippen LogP contribution in [0.1, 0.15) is 24.3 Å². The van der Waals surface area contributed by atoms with Crippen LogP contribution in [0.2, 0.25) is 10.0 Å². The Balaban J connectivity index is 2.62. The highest BCUT2D eigenvalue weighted by atomic mass is 35.5. The van der Waals surface area contributed by atoms with E-state index in [1.165, 1.54) is 6.07 Å². The fourth-order valence-electron chi connectivity index (χ4n) is 1.58. The second-order valence-electron chi connectivity index (χ2n) is 4.16. The lowest BCUT2D eigenvalue weighted by molar-refractivity contribution is -0.174. The smallest absolute Gasteiger partial charge is 0.411 e. The van der Waals surface area contributed by atoms with Crippen molar-refractivity contribution in [2.45, 2.75) is 24.9 Å². The van der Waals surface area contributed by atoms with E-state index in [0.29, 0.717) is 28.0 Å². The predicted molar refractivity (Wildman–Crippen MR) is 77.7 cm³/mol. The maximum absolute atomic E-state index is 11.9. The summed E-state index contributed by atoms with van der Waals surface area (Å²) in [5.74, 6) is 0.435. The van der Waals surface area contributed by atoms with Crippen LogP contribution in [0.15, 0.2) is 12.1 Å². The second-order valence-corrected chi connectivity index (χ2v) is 5.50. The number of alkyl halides is 4. The van der Waals surface area contributed by atoms with Gasteiger partial charge in [0, 0.05) is 17.7 Å². The normalized spacial score (nSPS) is 13.3. The van der Waals surface area contributed by atoms with Gasteiger partial charge >= 0.3 is 6.18 Å². The zero-order valence-corrected chi connectivity index (χ0v) is 13.4. The van der Waals surface area contributed by atoms with Gasteiger partial charge in [-0.1, -0.05) is 23.2 Å². The minimum atomic E-state index is -4.35. The highest BCUT2D eigenvalue weighted by molar-refractivity contribution is 6.35. The molecular formula is C13H14Cl3F3O2. The zero-order valence-electron chi connectivity index (χ0n) is 11.1. The molecule has 0 aliphatic heterocycles. The molecule has 8 heteroatoms. The topological polar surface area (TPSA) is 18.5 Å². The lowest BCUT2D eigenvalue weighted by Gasteiger charge is -2.15. The lowest BCUT2D eigenvalue weighted by Crippen LogP contribution is -2.17. The van der Waals surface area contributed by atoms with E-state index in [1.807, 2.05) is 0 Å². The Morgan fingerprint density at radius 1 is 1.19 bits per heavy atom.